The van der Waals surface area contributed by atoms with E-state index in [9.17, 15) is 4.79 Å². The minimum Gasteiger partial charge on any atom is -0.482 e. The van der Waals surface area contributed by atoms with Gasteiger partial charge in [-0.25, -0.2) is 5.84 Å². The van der Waals surface area contributed by atoms with E-state index in [1.54, 1.807) is 12.3 Å². The molecule has 0 aliphatic rings. The third-order valence-corrected chi connectivity index (χ3v) is 2.75. The lowest BCUT2D eigenvalue weighted by atomic mass is 10.4. The van der Waals surface area contributed by atoms with Crippen molar-refractivity contribution in [2.24, 2.45) is 5.84 Å². The van der Waals surface area contributed by atoms with E-state index in [0.717, 1.165) is 10.2 Å². The van der Waals surface area contributed by atoms with E-state index in [0.29, 0.717) is 5.75 Å². The number of nitrogens with zero attached hydrogens (tertiary/aromatic N) is 1. The number of hydrazine groups is 1. The summed E-state index contributed by atoms with van der Waals surface area (Å²) < 4.78 is 6.24. The number of thiophene rings is 1. The molecule has 2 heterocycles. The largest absolute Gasteiger partial charge is 0.482 e. The number of amides is 1. The van der Waals surface area contributed by atoms with Crippen LogP contribution in [0.15, 0.2) is 23.7 Å². The van der Waals surface area contributed by atoms with Gasteiger partial charge >= 0.3 is 0 Å². The Kier molecular flexibility index (Phi) is 2.79. The molecule has 2 aromatic heterocycles. The van der Waals surface area contributed by atoms with Gasteiger partial charge in [-0.15, -0.1) is 11.3 Å². The van der Waals surface area contributed by atoms with Crippen LogP contribution in [-0.2, 0) is 4.79 Å². The molecule has 3 N–H and O–H groups in total. The molecule has 1 amide bonds. The van der Waals surface area contributed by atoms with Crippen molar-refractivity contribution in [3.63, 3.8) is 0 Å². The van der Waals surface area contributed by atoms with Crippen LogP contribution in [0.2, 0.25) is 0 Å². The van der Waals surface area contributed by atoms with Crippen LogP contribution in [0.25, 0.3) is 10.2 Å². The van der Waals surface area contributed by atoms with Crippen LogP contribution in [-0.4, -0.2) is 17.5 Å². The molecule has 0 aliphatic heterocycles. The minimum absolute atomic E-state index is 0.0898. The SMILES string of the molecule is NNC(=O)COc1ccnc2ccsc12. The fraction of sp³-hybridized carbons (Fsp3) is 0.111. The molecule has 78 valence electrons. The van der Waals surface area contributed by atoms with Gasteiger partial charge in [0.15, 0.2) is 6.61 Å². The Labute approximate surface area is 89.8 Å². The molecule has 15 heavy (non-hydrogen) atoms. The second-order valence-electron chi connectivity index (χ2n) is 2.80. The van der Waals surface area contributed by atoms with Crippen LogP contribution in [0.3, 0.4) is 0 Å². The van der Waals surface area contributed by atoms with Crippen LogP contribution in [0.5, 0.6) is 5.75 Å². The monoisotopic (exact) mass is 223 g/mol. The zero-order valence-corrected chi connectivity index (χ0v) is 8.58. The quantitative estimate of drug-likeness (QED) is 0.455. The van der Waals surface area contributed by atoms with E-state index in [-0.39, 0.29) is 12.5 Å². The number of carbonyl (C=O) groups excluding carboxylic acids is 1. The van der Waals surface area contributed by atoms with Crippen molar-refractivity contribution in [1.29, 1.82) is 0 Å². The van der Waals surface area contributed by atoms with Gasteiger partial charge < -0.3 is 4.74 Å². The van der Waals surface area contributed by atoms with E-state index in [2.05, 4.69) is 4.98 Å². The fourth-order valence-corrected chi connectivity index (χ4v) is 1.97. The Morgan fingerprint density at radius 3 is 3.27 bits per heavy atom. The predicted octanol–water partition coefficient (Wildman–Crippen LogP) is 0.665. The van der Waals surface area contributed by atoms with Crippen molar-refractivity contribution in [3.05, 3.63) is 23.7 Å². The summed E-state index contributed by atoms with van der Waals surface area (Å²) in [6, 6.07) is 3.62. The molecule has 0 radical (unpaired) electrons. The Hall–Kier alpha value is -1.66. The molecule has 5 nitrogen and oxygen atoms in total. The van der Waals surface area contributed by atoms with E-state index in [1.807, 2.05) is 16.9 Å². The average Bonchev–Trinajstić information content (AvgIpc) is 2.74. The van der Waals surface area contributed by atoms with Gasteiger partial charge in [0, 0.05) is 12.3 Å². The molecule has 0 bridgehead atoms. The lowest BCUT2D eigenvalue weighted by Crippen LogP contribution is -2.34. The van der Waals surface area contributed by atoms with Gasteiger partial charge in [0.2, 0.25) is 0 Å². The lowest BCUT2D eigenvalue weighted by Gasteiger charge is -2.05. The first-order chi connectivity index (χ1) is 7.31. The molecule has 6 heteroatoms. The number of hydrogen-bond donors (Lipinski definition) is 2. The average molecular weight is 223 g/mol. The van der Waals surface area contributed by atoms with Gasteiger partial charge in [-0.2, -0.15) is 0 Å². The molecular formula is C9H9N3O2S. The highest BCUT2D eigenvalue weighted by molar-refractivity contribution is 7.17. The number of fused-ring (bicyclic) bond motifs is 1. The molecule has 0 spiro atoms. The van der Waals surface area contributed by atoms with Gasteiger partial charge in [-0.05, 0) is 11.4 Å². The fourth-order valence-electron chi connectivity index (χ4n) is 1.15. The smallest absolute Gasteiger partial charge is 0.271 e. The minimum atomic E-state index is -0.364. The standard InChI is InChI=1S/C9H9N3O2S/c10-12-8(13)5-14-7-1-3-11-6-2-4-15-9(6)7/h1-4H,5,10H2,(H,12,13). The molecule has 0 saturated carbocycles. The van der Waals surface area contributed by atoms with E-state index in [4.69, 9.17) is 10.6 Å². The van der Waals surface area contributed by atoms with E-state index < -0.39 is 0 Å². The molecule has 2 aromatic rings. The number of aromatic nitrogens is 1. The van der Waals surface area contributed by atoms with Crippen molar-refractivity contribution in [2.75, 3.05) is 6.61 Å². The summed E-state index contributed by atoms with van der Waals surface area (Å²) in [7, 11) is 0. The topological polar surface area (TPSA) is 77.2 Å². The molecule has 0 fully saturated rings. The molecular weight excluding hydrogens is 214 g/mol. The van der Waals surface area contributed by atoms with Gasteiger partial charge in [0.25, 0.3) is 5.91 Å². The Morgan fingerprint density at radius 2 is 2.47 bits per heavy atom. The third kappa shape index (κ3) is 2.05. The Balaban J connectivity index is 2.20. The summed E-state index contributed by atoms with van der Waals surface area (Å²) in [5, 5.41) is 1.92. The number of nitrogens with one attached hydrogen (secondary N) is 1. The Bertz CT molecular complexity index is 483. The summed E-state index contributed by atoms with van der Waals surface area (Å²) in [6.45, 7) is -0.0898. The maximum Gasteiger partial charge on any atom is 0.271 e. The zero-order chi connectivity index (χ0) is 10.7. The highest BCUT2D eigenvalue weighted by Crippen LogP contribution is 2.28. The number of carbonyl (C=O) groups is 1. The van der Waals surface area contributed by atoms with Gasteiger partial charge in [-0.3, -0.25) is 15.2 Å². The second-order valence-corrected chi connectivity index (χ2v) is 3.72. The molecule has 0 unspecified atom stereocenters. The van der Waals surface area contributed by atoms with Gasteiger partial charge in [0.05, 0.1) is 10.2 Å². The number of nitrogens with two attached hydrogens (primary N) is 1. The maximum atomic E-state index is 10.9. The first-order valence-electron chi connectivity index (χ1n) is 4.25. The number of pyridine rings is 1. The number of hydrogen-bond acceptors (Lipinski definition) is 5. The van der Waals surface area contributed by atoms with Crippen molar-refractivity contribution in [1.82, 2.24) is 10.4 Å². The highest BCUT2D eigenvalue weighted by atomic mass is 32.1. The second kappa shape index (κ2) is 4.24. The van der Waals surface area contributed by atoms with Crippen molar-refractivity contribution >= 4 is 27.5 Å². The summed E-state index contributed by atoms with van der Waals surface area (Å²) in [6.07, 6.45) is 1.64. The number of ether oxygens (including phenoxy) is 1. The first kappa shape index (κ1) is 9.88. The van der Waals surface area contributed by atoms with E-state index >= 15 is 0 Å². The highest BCUT2D eigenvalue weighted by Gasteiger charge is 2.06. The zero-order valence-electron chi connectivity index (χ0n) is 7.77. The van der Waals surface area contributed by atoms with Crippen LogP contribution in [0.1, 0.15) is 0 Å². The summed E-state index contributed by atoms with van der Waals surface area (Å²) in [4.78, 5) is 15.0. The molecule has 2 rings (SSSR count). The molecule has 0 atom stereocenters. The lowest BCUT2D eigenvalue weighted by molar-refractivity contribution is -0.123. The predicted molar refractivity (Wildman–Crippen MR) is 57.4 cm³/mol. The van der Waals surface area contributed by atoms with Crippen LogP contribution >= 0.6 is 11.3 Å². The first-order valence-corrected chi connectivity index (χ1v) is 5.13. The Morgan fingerprint density at radius 1 is 1.60 bits per heavy atom. The van der Waals surface area contributed by atoms with Gasteiger partial charge in [0.1, 0.15) is 5.75 Å². The third-order valence-electron chi connectivity index (χ3n) is 1.83. The van der Waals surface area contributed by atoms with E-state index in [1.165, 1.54) is 11.3 Å². The normalized spacial score (nSPS) is 10.2. The maximum absolute atomic E-state index is 10.9. The van der Waals surface area contributed by atoms with Crippen molar-refractivity contribution in [2.45, 2.75) is 0 Å². The summed E-state index contributed by atoms with van der Waals surface area (Å²) >= 11 is 1.52. The molecule has 0 aliphatic carbocycles. The van der Waals surface area contributed by atoms with Crippen molar-refractivity contribution < 1.29 is 9.53 Å². The van der Waals surface area contributed by atoms with Gasteiger partial charge in [-0.1, -0.05) is 0 Å². The van der Waals surface area contributed by atoms with Crippen LogP contribution in [0.4, 0.5) is 0 Å². The molecule has 0 saturated heterocycles. The summed E-state index contributed by atoms with van der Waals surface area (Å²) in [5.41, 5.74) is 2.87. The van der Waals surface area contributed by atoms with Crippen LogP contribution in [0, 0.1) is 0 Å². The van der Waals surface area contributed by atoms with Crippen molar-refractivity contribution in [3.8, 4) is 5.75 Å². The molecule has 0 aromatic carbocycles. The summed E-state index contributed by atoms with van der Waals surface area (Å²) in [5.74, 6) is 5.23. The number of rotatable bonds is 3. The van der Waals surface area contributed by atoms with Crippen LogP contribution < -0.4 is 16.0 Å².